The van der Waals surface area contributed by atoms with E-state index >= 15 is 4.39 Å². The van der Waals surface area contributed by atoms with Gasteiger partial charge in [0, 0.05) is 11.0 Å². The Morgan fingerprint density at radius 1 is 0.974 bits per heavy atom. The van der Waals surface area contributed by atoms with Gasteiger partial charge in [0.2, 0.25) is 0 Å². The molecule has 0 aliphatic heterocycles. The molecular weight excluding hydrogens is 491 g/mol. The molecule has 5 heteroatoms. The summed E-state index contributed by atoms with van der Waals surface area (Å²) in [4.78, 5) is 11.9. The Hall–Kier alpha value is -3.60. The molecule has 3 aliphatic carbocycles. The van der Waals surface area contributed by atoms with E-state index in [0.29, 0.717) is 17.9 Å². The average Bonchev–Trinajstić information content (AvgIpc) is 3.47. The van der Waals surface area contributed by atoms with Crippen molar-refractivity contribution in [1.82, 2.24) is 0 Å². The first-order valence-corrected chi connectivity index (χ1v) is 13.9. The van der Waals surface area contributed by atoms with Crippen molar-refractivity contribution in [2.45, 2.75) is 64.4 Å². The predicted molar refractivity (Wildman–Crippen MR) is 151 cm³/mol. The zero-order valence-electron chi connectivity index (χ0n) is 22.9. The highest BCUT2D eigenvalue weighted by Gasteiger charge is 2.54. The number of allylic oxidation sites excluding steroid dienone is 2. The summed E-state index contributed by atoms with van der Waals surface area (Å²) >= 11 is 0. The minimum Gasteiger partial charge on any atom is -0.497 e. The van der Waals surface area contributed by atoms with Gasteiger partial charge in [-0.25, -0.2) is 4.39 Å². The number of methoxy groups -OCH3 is 1. The summed E-state index contributed by atoms with van der Waals surface area (Å²) in [7, 11) is 1.59. The molecule has 0 saturated heterocycles. The fourth-order valence-electron chi connectivity index (χ4n) is 7.04. The number of hydrogen-bond donors (Lipinski definition) is 1. The Kier molecular flexibility index (Phi) is 6.28. The second kappa shape index (κ2) is 9.55. The Morgan fingerprint density at radius 2 is 1.79 bits per heavy atom. The first-order chi connectivity index (χ1) is 18.7. The lowest BCUT2D eigenvalue weighted by Gasteiger charge is -2.45. The molecule has 0 aromatic heterocycles. The number of benzene rings is 3. The molecule has 1 N–H and O–H groups in total. The summed E-state index contributed by atoms with van der Waals surface area (Å²) in [6.45, 7) is 4.85. The summed E-state index contributed by atoms with van der Waals surface area (Å²) in [5, 5.41) is 9.74. The maximum Gasteiger partial charge on any atom is 0.307 e. The molecule has 3 aromatic rings. The van der Waals surface area contributed by atoms with Crippen LogP contribution in [0.4, 0.5) is 4.39 Å². The number of hydrogen-bond acceptors (Lipinski definition) is 3. The van der Waals surface area contributed by atoms with E-state index in [4.69, 9.17) is 9.47 Å². The molecular formula is C34H35FO4. The quantitative estimate of drug-likeness (QED) is 0.339. The molecule has 0 unspecified atom stereocenters. The Balaban J connectivity index is 1.32. The van der Waals surface area contributed by atoms with Crippen LogP contribution in [0, 0.1) is 17.2 Å². The average molecular weight is 527 g/mol. The summed E-state index contributed by atoms with van der Waals surface area (Å²) < 4.78 is 26.8. The van der Waals surface area contributed by atoms with E-state index in [1.807, 2.05) is 18.2 Å². The monoisotopic (exact) mass is 526 g/mol. The molecule has 1 fully saturated rings. The van der Waals surface area contributed by atoms with E-state index in [1.54, 1.807) is 19.2 Å². The highest BCUT2D eigenvalue weighted by molar-refractivity contribution is 5.85. The second-order valence-corrected chi connectivity index (χ2v) is 12.0. The second-order valence-electron chi connectivity index (χ2n) is 12.0. The number of ether oxygens (including phenoxy) is 2. The van der Waals surface area contributed by atoms with Crippen LogP contribution in [-0.2, 0) is 23.2 Å². The maximum atomic E-state index is 15.1. The van der Waals surface area contributed by atoms with Gasteiger partial charge in [-0.15, -0.1) is 0 Å². The van der Waals surface area contributed by atoms with Crippen LogP contribution < -0.4 is 9.47 Å². The van der Waals surface area contributed by atoms with Gasteiger partial charge in [0.15, 0.2) is 0 Å². The summed E-state index contributed by atoms with van der Waals surface area (Å²) in [6.07, 6.45) is 7.83. The molecule has 4 nitrogen and oxygen atoms in total. The number of aryl methyl sites for hydroxylation is 1. The molecule has 6 rings (SSSR count). The van der Waals surface area contributed by atoms with Crippen molar-refractivity contribution >= 4 is 11.5 Å². The number of carboxylic acids is 1. The number of fused-ring (bicyclic) bond motifs is 2. The highest BCUT2D eigenvalue weighted by atomic mass is 19.1. The minimum absolute atomic E-state index is 0.0126. The highest BCUT2D eigenvalue weighted by Crippen LogP contribution is 2.57. The van der Waals surface area contributed by atoms with Crippen LogP contribution in [0.1, 0.15) is 68.2 Å². The molecule has 0 amide bonds. The van der Waals surface area contributed by atoms with Gasteiger partial charge in [-0.2, -0.15) is 0 Å². The normalized spacial score (nSPS) is 22.8. The van der Waals surface area contributed by atoms with Crippen LogP contribution in [0.15, 0.2) is 60.7 Å². The molecule has 1 spiro atoms. The molecule has 39 heavy (non-hydrogen) atoms. The molecule has 3 aromatic carbocycles. The van der Waals surface area contributed by atoms with Crippen LogP contribution >= 0.6 is 0 Å². The third-order valence-electron chi connectivity index (χ3n) is 9.39. The van der Waals surface area contributed by atoms with Crippen molar-refractivity contribution in [1.29, 1.82) is 0 Å². The largest absolute Gasteiger partial charge is 0.497 e. The lowest BCUT2D eigenvalue weighted by molar-refractivity contribution is -0.149. The van der Waals surface area contributed by atoms with Crippen molar-refractivity contribution in [2.24, 2.45) is 11.3 Å². The topological polar surface area (TPSA) is 55.8 Å². The summed E-state index contributed by atoms with van der Waals surface area (Å²) in [6, 6.07) is 17.2. The van der Waals surface area contributed by atoms with E-state index < -0.39 is 5.97 Å². The summed E-state index contributed by atoms with van der Waals surface area (Å²) in [5.74, 6) is 0.111. The van der Waals surface area contributed by atoms with Crippen LogP contribution in [0.25, 0.3) is 16.7 Å². The fourth-order valence-corrected chi connectivity index (χ4v) is 7.04. The number of rotatable bonds is 7. The van der Waals surface area contributed by atoms with Gasteiger partial charge in [0.1, 0.15) is 23.9 Å². The van der Waals surface area contributed by atoms with E-state index in [0.717, 1.165) is 66.5 Å². The van der Waals surface area contributed by atoms with E-state index in [-0.39, 0.29) is 22.6 Å². The van der Waals surface area contributed by atoms with E-state index in [9.17, 15) is 9.90 Å². The van der Waals surface area contributed by atoms with Crippen molar-refractivity contribution < 1.29 is 23.8 Å². The lowest BCUT2D eigenvalue weighted by Crippen LogP contribution is -2.46. The molecule has 1 saturated carbocycles. The molecule has 0 bridgehead atoms. The zero-order chi connectivity index (χ0) is 27.4. The van der Waals surface area contributed by atoms with Crippen molar-refractivity contribution in [3.63, 3.8) is 0 Å². The SMILES string of the molecule is COc1ccc(F)c(-c2ccc(COc3ccc4c(c3)[C@@]3(CC4)CC[C@@H]3C(=O)O)cc2C2=CCCC2(C)C)c1. The van der Waals surface area contributed by atoms with Crippen molar-refractivity contribution in [2.75, 3.05) is 7.11 Å². The summed E-state index contributed by atoms with van der Waals surface area (Å²) in [5.41, 5.74) is 6.78. The predicted octanol–water partition coefficient (Wildman–Crippen LogP) is 7.96. The molecule has 0 heterocycles. The molecule has 0 radical (unpaired) electrons. The van der Waals surface area contributed by atoms with Gasteiger partial charge in [0.25, 0.3) is 0 Å². The van der Waals surface area contributed by atoms with Gasteiger partial charge < -0.3 is 14.6 Å². The Labute approximate surface area is 229 Å². The van der Waals surface area contributed by atoms with Crippen molar-refractivity contribution in [3.05, 3.63) is 88.7 Å². The first kappa shape index (κ1) is 25.7. The molecule has 3 aliphatic rings. The molecule has 202 valence electrons. The van der Waals surface area contributed by atoms with Crippen LogP contribution in [0.3, 0.4) is 0 Å². The third-order valence-corrected chi connectivity index (χ3v) is 9.39. The maximum absolute atomic E-state index is 15.1. The number of aliphatic carboxylic acids is 1. The smallest absolute Gasteiger partial charge is 0.307 e. The zero-order valence-corrected chi connectivity index (χ0v) is 22.9. The van der Waals surface area contributed by atoms with E-state index in [2.05, 4.69) is 38.1 Å². The van der Waals surface area contributed by atoms with Gasteiger partial charge in [0.05, 0.1) is 13.0 Å². The lowest BCUT2D eigenvalue weighted by atomic mass is 9.57. The first-order valence-electron chi connectivity index (χ1n) is 13.9. The van der Waals surface area contributed by atoms with Gasteiger partial charge in [-0.3, -0.25) is 4.79 Å². The fraction of sp³-hybridized carbons (Fsp3) is 0.382. The standard InChI is InChI=1S/C34H35FO4/c1-33(2)14-4-5-28(33)26-17-21(6-10-25(26)27-18-23(38-3)9-11-31(27)35)20-39-24-8-7-22-12-15-34(30(22)19-24)16-13-29(34)32(36)37/h5-11,17-19,29H,4,12-16,20H2,1-3H3,(H,36,37)/t29-,34+/m1/s1. The number of carbonyl (C=O) groups is 1. The van der Waals surface area contributed by atoms with Crippen molar-refractivity contribution in [3.8, 4) is 22.6 Å². The van der Waals surface area contributed by atoms with Gasteiger partial charge in [-0.1, -0.05) is 38.1 Å². The number of carboxylic acid groups (broad SMARTS) is 1. The van der Waals surface area contributed by atoms with Crippen LogP contribution in [0.2, 0.25) is 0 Å². The third kappa shape index (κ3) is 4.32. The van der Waals surface area contributed by atoms with Crippen LogP contribution in [-0.4, -0.2) is 18.2 Å². The van der Waals surface area contributed by atoms with Gasteiger partial charge in [-0.05, 0) is 114 Å². The number of halogens is 1. The minimum atomic E-state index is -0.690. The van der Waals surface area contributed by atoms with E-state index in [1.165, 1.54) is 17.2 Å². The molecule has 2 atom stereocenters. The van der Waals surface area contributed by atoms with Gasteiger partial charge >= 0.3 is 5.97 Å². The Morgan fingerprint density at radius 3 is 2.49 bits per heavy atom. The van der Waals surface area contributed by atoms with Crippen LogP contribution in [0.5, 0.6) is 11.5 Å². The Bertz CT molecular complexity index is 1490.